The molecule has 3 nitrogen and oxygen atoms in total. The van der Waals surface area contributed by atoms with Crippen molar-refractivity contribution in [3.63, 3.8) is 0 Å². The van der Waals surface area contributed by atoms with E-state index in [4.69, 9.17) is 0 Å². The number of carbonyl (C=O) groups is 1. The standard InChI is InChI=1S/C20H20N2O/c1-14-7-3-4-10-17(14)15(2)13-19(23)22-18-11-5-8-16-9-6-12-21-20(16)18/h3-12,15H,13H2,1-2H3,(H,22,23). The third-order valence-electron chi connectivity index (χ3n) is 4.12. The fourth-order valence-electron chi connectivity index (χ4n) is 2.93. The molecule has 1 unspecified atom stereocenters. The Morgan fingerprint density at radius 3 is 2.70 bits per heavy atom. The summed E-state index contributed by atoms with van der Waals surface area (Å²) in [5, 5.41) is 4.03. The van der Waals surface area contributed by atoms with E-state index in [1.165, 1.54) is 11.1 Å². The van der Waals surface area contributed by atoms with Crippen molar-refractivity contribution in [1.82, 2.24) is 4.98 Å². The van der Waals surface area contributed by atoms with Gasteiger partial charge in [-0.2, -0.15) is 0 Å². The lowest BCUT2D eigenvalue weighted by Gasteiger charge is -2.15. The van der Waals surface area contributed by atoms with Crippen molar-refractivity contribution in [1.29, 1.82) is 0 Å². The summed E-state index contributed by atoms with van der Waals surface area (Å²) in [5.74, 6) is 0.193. The number of aryl methyl sites for hydroxylation is 1. The number of amides is 1. The number of rotatable bonds is 4. The summed E-state index contributed by atoms with van der Waals surface area (Å²) in [6, 6.07) is 17.9. The number of hydrogen-bond donors (Lipinski definition) is 1. The molecular formula is C20H20N2O. The van der Waals surface area contributed by atoms with Crippen LogP contribution >= 0.6 is 0 Å². The Balaban J connectivity index is 1.75. The Hall–Kier alpha value is -2.68. The third kappa shape index (κ3) is 3.39. The van der Waals surface area contributed by atoms with Crippen LogP contribution in [0.5, 0.6) is 0 Å². The van der Waals surface area contributed by atoms with Gasteiger partial charge in [-0.3, -0.25) is 9.78 Å². The van der Waals surface area contributed by atoms with Crippen LogP contribution in [0, 0.1) is 6.92 Å². The van der Waals surface area contributed by atoms with E-state index in [9.17, 15) is 4.79 Å². The zero-order chi connectivity index (χ0) is 16.2. The molecule has 1 N–H and O–H groups in total. The topological polar surface area (TPSA) is 42.0 Å². The van der Waals surface area contributed by atoms with E-state index in [1.54, 1.807) is 6.20 Å². The number of fused-ring (bicyclic) bond motifs is 1. The number of anilines is 1. The molecule has 1 heterocycles. The van der Waals surface area contributed by atoms with Gasteiger partial charge < -0.3 is 5.32 Å². The Morgan fingerprint density at radius 1 is 1.09 bits per heavy atom. The number of aromatic nitrogens is 1. The average Bonchev–Trinajstić information content (AvgIpc) is 2.55. The van der Waals surface area contributed by atoms with E-state index in [2.05, 4.69) is 36.3 Å². The fourth-order valence-corrected chi connectivity index (χ4v) is 2.93. The van der Waals surface area contributed by atoms with Gasteiger partial charge in [0.05, 0.1) is 11.2 Å². The highest BCUT2D eigenvalue weighted by Gasteiger charge is 2.14. The molecule has 0 aliphatic carbocycles. The number of benzene rings is 2. The van der Waals surface area contributed by atoms with Gasteiger partial charge in [0.25, 0.3) is 0 Å². The minimum Gasteiger partial charge on any atom is -0.324 e. The summed E-state index contributed by atoms with van der Waals surface area (Å²) < 4.78 is 0. The molecule has 1 aromatic heterocycles. The highest BCUT2D eigenvalue weighted by molar-refractivity contribution is 6.00. The van der Waals surface area contributed by atoms with Crippen molar-refractivity contribution in [3.05, 3.63) is 71.9 Å². The van der Waals surface area contributed by atoms with E-state index in [-0.39, 0.29) is 11.8 Å². The molecule has 0 saturated heterocycles. The van der Waals surface area contributed by atoms with Gasteiger partial charge in [-0.1, -0.05) is 49.4 Å². The van der Waals surface area contributed by atoms with Crippen LogP contribution in [0.1, 0.15) is 30.4 Å². The molecule has 1 amide bonds. The molecule has 23 heavy (non-hydrogen) atoms. The Kier molecular flexibility index (Phi) is 4.38. The SMILES string of the molecule is Cc1ccccc1C(C)CC(=O)Nc1cccc2cccnc12. The Morgan fingerprint density at radius 2 is 1.87 bits per heavy atom. The van der Waals surface area contributed by atoms with E-state index in [1.807, 2.05) is 42.5 Å². The number of hydrogen-bond acceptors (Lipinski definition) is 2. The summed E-state index contributed by atoms with van der Waals surface area (Å²) in [5.41, 5.74) is 4.04. The molecule has 1 atom stereocenters. The van der Waals surface area contributed by atoms with Crippen LogP contribution < -0.4 is 5.32 Å². The molecule has 0 fully saturated rings. The van der Waals surface area contributed by atoms with Gasteiger partial charge in [0.15, 0.2) is 0 Å². The lowest BCUT2D eigenvalue weighted by Crippen LogP contribution is -2.15. The van der Waals surface area contributed by atoms with Gasteiger partial charge in [0, 0.05) is 18.0 Å². The predicted octanol–water partition coefficient (Wildman–Crippen LogP) is 4.68. The first-order valence-electron chi connectivity index (χ1n) is 7.84. The number of nitrogens with zero attached hydrogens (tertiary/aromatic N) is 1. The van der Waals surface area contributed by atoms with Crippen LogP contribution in [0.25, 0.3) is 10.9 Å². The summed E-state index contributed by atoms with van der Waals surface area (Å²) in [4.78, 5) is 16.8. The lowest BCUT2D eigenvalue weighted by atomic mass is 9.93. The number of nitrogens with one attached hydrogen (secondary N) is 1. The van der Waals surface area contributed by atoms with Gasteiger partial charge in [-0.15, -0.1) is 0 Å². The molecule has 0 aliphatic rings. The Bertz CT molecular complexity index is 836. The normalized spacial score (nSPS) is 12.1. The molecule has 3 rings (SSSR count). The molecule has 3 heteroatoms. The highest BCUT2D eigenvalue weighted by Crippen LogP contribution is 2.24. The second-order valence-electron chi connectivity index (χ2n) is 5.89. The van der Waals surface area contributed by atoms with E-state index in [0.29, 0.717) is 6.42 Å². The molecule has 0 saturated carbocycles. The van der Waals surface area contributed by atoms with Crippen LogP contribution in [0.2, 0.25) is 0 Å². The zero-order valence-electron chi connectivity index (χ0n) is 13.4. The summed E-state index contributed by atoms with van der Waals surface area (Å²) in [6.45, 7) is 4.17. The molecule has 2 aromatic carbocycles. The maximum absolute atomic E-state index is 12.4. The highest BCUT2D eigenvalue weighted by atomic mass is 16.1. The van der Waals surface area contributed by atoms with Crippen molar-refractivity contribution in [2.45, 2.75) is 26.2 Å². The molecular weight excluding hydrogens is 284 g/mol. The smallest absolute Gasteiger partial charge is 0.225 e. The monoisotopic (exact) mass is 304 g/mol. The minimum absolute atomic E-state index is 0.0129. The van der Waals surface area contributed by atoms with E-state index >= 15 is 0 Å². The first-order chi connectivity index (χ1) is 11.1. The first kappa shape index (κ1) is 15.2. The predicted molar refractivity (Wildman–Crippen MR) is 94.6 cm³/mol. The summed E-state index contributed by atoms with van der Waals surface area (Å²) in [6.07, 6.45) is 2.20. The molecule has 0 aliphatic heterocycles. The molecule has 0 spiro atoms. The van der Waals surface area contributed by atoms with E-state index in [0.717, 1.165) is 16.6 Å². The number of carbonyl (C=O) groups excluding carboxylic acids is 1. The second-order valence-corrected chi connectivity index (χ2v) is 5.89. The van der Waals surface area contributed by atoms with Crippen LogP contribution in [-0.2, 0) is 4.79 Å². The van der Waals surface area contributed by atoms with Gasteiger partial charge in [-0.05, 0) is 36.1 Å². The largest absolute Gasteiger partial charge is 0.324 e. The van der Waals surface area contributed by atoms with Gasteiger partial charge in [-0.25, -0.2) is 0 Å². The number of pyridine rings is 1. The maximum atomic E-state index is 12.4. The van der Waals surface area contributed by atoms with Gasteiger partial charge >= 0.3 is 0 Å². The molecule has 0 bridgehead atoms. The van der Waals surface area contributed by atoms with Crippen molar-refractivity contribution < 1.29 is 4.79 Å². The molecule has 116 valence electrons. The quantitative estimate of drug-likeness (QED) is 0.760. The van der Waals surface area contributed by atoms with Crippen LogP contribution in [-0.4, -0.2) is 10.9 Å². The van der Waals surface area contributed by atoms with Gasteiger partial charge in [0.2, 0.25) is 5.91 Å². The fraction of sp³-hybridized carbons (Fsp3) is 0.200. The van der Waals surface area contributed by atoms with Crippen molar-refractivity contribution in [2.75, 3.05) is 5.32 Å². The maximum Gasteiger partial charge on any atom is 0.225 e. The zero-order valence-corrected chi connectivity index (χ0v) is 13.4. The van der Waals surface area contributed by atoms with Crippen LogP contribution in [0.3, 0.4) is 0 Å². The van der Waals surface area contributed by atoms with E-state index < -0.39 is 0 Å². The van der Waals surface area contributed by atoms with Crippen molar-refractivity contribution in [3.8, 4) is 0 Å². The van der Waals surface area contributed by atoms with Crippen LogP contribution in [0.4, 0.5) is 5.69 Å². The first-order valence-corrected chi connectivity index (χ1v) is 7.84. The summed E-state index contributed by atoms with van der Waals surface area (Å²) in [7, 11) is 0. The number of para-hydroxylation sites is 1. The summed E-state index contributed by atoms with van der Waals surface area (Å²) >= 11 is 0. The minimum atomic E-state index is 0.0129. The Labute approximate surface area is 136 Å². The van der Waals surface area contributed by atoms with Crippen molar-refractivity contribution in [2.24, 2.45) is 0 Å². The lowest BCUT2D eigenvalue weighted by molar-refractivity contribution is -0.116. The molecule has 3 aromatic rings. The molecule has 0 radical (unpaired) electrons. The van der Waals surface area contributed by atoms with Gasteiger partial charge in [0.1, 0.15) is 0 Å². The average molecular weight is 304 g/mol. The third-order valence-corrected chi connectivity index (χ3v) is 4.12. The van der Waals surface area contributed by atoms with Crippen molar-refractivity contribution >= 4 is 22.5 Å². The van der Waals surface area contributed by atoms with Crippen LogP contribution in [0.15, 0.2) is 60.8 Å². The second kappa shape index (κ2) is 6.61.